The molecule has 0 aliphatic carbocycles. The van der Waals surface area contributed by atoms with Crippen LogP contribution in [0.3, 0.4) is 0 Å². The maximum atomic E-state index is 12.5. The quantitative estimate of drug-likeness (QED) is 0.430. The normalized spacial score (nSPS) is 10.4. The summed E-state index contributed by atoms with van der Waals surface area (Å²) in [5, 5.41) is 10.0. The highest BCUT2D eigenvalue weighted by atomic mass is 32.2. The summed E-state index contributed by atoms with van der Waals surface area (Å²) in [5.41, 5.74) is 0.268. The molecule has 0 aliphatic heterocycles. The molecule has 0 radical (unpaired) electrons. The lowest BCUT2D eigenvalue weighted by molar-refractivity contribution is 0.394. The van der Waals surface area contributed by atoms with Crippen molar-refractivity contribution in [2.75, 3.05) is 27.6 Å². The van der Waals surface area contributed by atoms with Crippen LogP contribution in [-0.2, 0) is 0 Å². The number of aromatic nitrogens is 2. The summed E-state index contributed by atoms with van der Waals surface area (Å²) in [7, 11) is 4.72. The van der Waals surface area contributed by atoms with Crippen molar-refractivity contribution in [1.82, 2.24) is 9.97 Å². The van der Waals surface area contributed by atoms with Gasteiger partial charge in [-0.2, -0.15) is 5.26 Å². The van der Waals surface area contributed by atoms with Gasteiger partial charge in [0.05, 0.1) is 31.8 Å². The maximum Gasteiger partial charge on any atom is 0.270 e. The fraction of sp³-hybridized carbons (Fsp3) is 0.190. The molecule has 3 rings (SSSR count). The van der Waals surface area contributed by atoms with E-state index in [-0.39, 0.29) is 11.3 Å². The Balaban J connectivity index is 2.26. The molecule has 0 unspecified atom stereocenters. The molecular formula is C21H19N3O4S2. The van der Waals surface area contributed by atoms with E-state index >= 15 is 0 Å². The first-order valence-electron chi connectivity index (χ1n) is 8.71. The van der Waals surface area contributed by atoms with Gasteiger partial charge in [-0.25, -0.2) is 4.98 Å². The monoisotopic (exact) mass is 441 g/mol. The van der Waals surface area contributed by atoms with Crippen molar-refractivity contribution in [3.63, 3.8) is 0 Å². The topological polar surface area (TPSA) is 97.2 Å². The molecule has 30 heavy (non-hydrogen) atoms. The number of methoxy groups -OCH3 is 3. The molecule has 2 aromatic carbocycles. The van der Waals surface area contributed by atoms with E-state index in [1.807, 2.05) is 36.4 Å². The Hall–Kier alpha value is -3.09. The number of hydrogen-bond acceptors (Lipinski definition) is 8. The SMILES string of the molecule is COc1ccc(OC)c(Sc2cccc(OC)c2-c2nc(SC)[nH]c(=O)c2C#N)c1. The molecule has 0 aliphatic rings. The van der Waals surface area contributed by atoms with Gasteiger partial charge in [-0.15, -0.1) is 0 Å². The summed E-state index contributed by atoms with van der Waals surface area (Å²) in [5.74, 6) is 1.85. The van der Waals surface area contributed by atoms with Crippen LogP contribution in [0.2, 0.25) is 0 Å². The minimum Gasteiger partial charge on any atom is -0.497 e. The van der Waals surface area contributed by atoms with E-state index in [1.165, 1.54) is 30.6 Å². The van der Waals surface area contributed by atoms with E-state index in [0.717, 1.165) is 9.79 Å². The lowest BCUT2D eigenvalue weighted by Crippen LogP contribution is -2.15. The molecule has 0 bridgehead atoms. The van der Waals surface area contributed by atoms with E-state index in [2.05, 4.69) is 9.97 Å². The average molecular weight is 442 g/mol. The standard InChI is InChI=1S/C21H19N3O4S2/c1-26-12-8-9-14(27-2)17(10-12)30-16-7-5-6-15(28-3)18(16)19-13(11-22)20(25)24-21(23-19)29-4/h5-10H,1-4H3,(H,23,24,25). The molecule has 0 spiro atoms. The fourth-order valence-electron chi connectivity index (χ4n) is 2.82. The zero-order valence-electron chi connectivity index (χ0n) is 16.8. The van der Waals surface area contributed by atoms with Crippen molar-refractivity contribution in [3.05, 3.63) is 52.3 Å². The van der Waals surface area contributed by atoms with Crippen LogP contribution >= 0.6 is 23.5 Å². The number of aromatic amines is 1. The van der Waals surface area contributed by atoms with Crippen LogP contribution in [0.25, 0.3) is 11.3 Å². The average Bonchev–Trinajstić information content (AvgIpc) is 2.78. The van der Waals surface area contributed by atoms with Gasteiger partial charge < -0.3 is 19.2 Å². The highest BCUT2D eigenvalue weighted by molar-refractivity contribution is 7.99. The number of nitriles is 1. The van der Waals surface area contributed by atoms with Gasteiger partial charge in [0.1, 0.15) is 34.6 Å². The van der Waals surface area contributed by atoms with Gasteiger partial charge in [-0.05, 0) is 36.6 Å². The zero-order valence-corrected chi connectivity index (χ0v) is 18.4. The molecular weight excluding hydrogens is 422 g/mol. The third-order valence-corrected chi connectivity index (χ3v) is 5.92. The molecule has 0 saturated carbocycles. The lowest BCUT2D eigenvalue weighted by Gasteiger charge is -2.16. The molecule has 0 saturated heterocycles. The second-order valence-electron chi connectivity index (χ2n) is 5.86. The third kappa shape index (κ3) is 4.25. The molecule has 0 atom stereocenters. The highest BCUT2D eigenvalue weighted by Gasteiger charge is 2.22. The first-order valence-corrected chi connectivity index (χ1v) is 10.8. The summed E-state index contributed by atoms with van der Waals surface area (Å²) in [4.78, 5) is 21.2. The molecule has 0 amide bonds. The van der Waals surface area contributed by atoms with Gasteiger partial charge >= 0.3 is 0 Å². The van der Waals surface area contributed by atoms with Gasteiger partial charge in [0.25, 0.3) is 5.56 Å². The Labute approximate surface area is 182 Å². The zero-order chi connectivity index (χ0) is 21.7. The van der Waals surface area contributed by atoms with E-state index < -0.39 is 5.56 Å². The Bertz CT molecular complexity index is 1170. The molecule has 154 valence electrons. The highest BCUT2D eigenvalue weighted by Crippen LogP contribution is 2.44. The molecule has 1 heterocycles. The fourth-order valence-corrected chi connectivity index (χ4v) is 4.30. The Kier molecular flexibility index (Phi) is 6.92. The van der Waals surface area contributed by atoms with E-state index in [4.69, 9.17) is 14.2 Å². The number of nitrogens with one attached hydrogen (secondary N) is 1. The van der Waals surface area contributed by atoms with Crippen LogP contribution in [0.15, 0.2) is 56.1 Å². The largest absolute Gasteiger partial charge is 0.497 e. The maximum absolute atomic E-state index is 12.5. The van der Waals surface area contributed by atoms with Gasteiger partial charge in [-0.3, -0.25) is 4.79 Å². The third-order valence-electron chi connectivity index (χ3n) is 4.24. The molecule has 9 heteroatoms. The van der Waals surface area contributed by atoms with Crippen LogP contribution < -0.4 is 19.8 Å². The van der Waals surface area contributed by atoms with Crippen molar-refractivity contribution in [2.24, 2.45) is 0 Å². The van der Waals surface area contributed by atoms with Crippen molar-refractivity contribution in [2.45, 2.75) is 14.9 Å². The number of hydrogen-bond donors (Lipinski definition) is 1. The number of thioether (sulfide) groups is 1. The second-order valence-corrected chi connectivity index (χ2v) is 7.74. The van der Waals surface area contributed by atoms with E-state index in [0.29, 0.717) is 28.0 Å². The number of benzene rings is 2. The molecule has 7 nitrogen and oxygen atoms in total. The van der Waals surface area contributed by atoms with Crippen LogP contribution in [0.1, 0.15) is 5.56 Å². The minimum absolute atomic E-state index is 0.0724. The van der Waals surface area contributed by atoms with Crippen molar-refractivity contribution in [1.29, 1.82) is 5.26 Å². The lowest BCUT2D eigenvalue weighted by atomic mass is 10.1. The van der Waals surface area contributed by atoms with Gasteiger partial charge in [-0.1, -0.05) is 29.6 Å². The predicted octanol–water partition coefficient (Wildman–Crippen LogP) is 4.21. The number of nitrogens with zero attached hydrogens (tertiary/aromatic N) is 2. The van der Waals surface area contributed by atoms with Crippen molar-refractivity contribution >= 4 is 23.5 Å². The minimum atomic E-state index is -0.493. The van der Waals surface area contributed by atoms with Gasteiger partial charge in [0, 0.05) is 4.90 Å². The van der Waals surface area contributed by atoms with Gasteiger partial charge in [0.15, 0.2) is 5.16 Å². The Morgan fingerprint density at radius 1 is 1.03 bits per heavy atom. The summed E-state index contributed by atoms with van der Waals surface area (Å²) < 4.78 is 16.4. The Morgan fingerprint density at radius 3 is 2.43 bits per heavy atom. The van der Waals surface area contributed by atoms with Crippen LogP contribution in [0.5, 0.6) is 17.2 Å². The van der Waals surface area contributed by atoms with Crippen LogP contribution in [0, 0.1) is 11.3 Å². The molecule has 0 fully saturated rings. The summed E-state index contributed by atoms with van der Waals surface area (Å²) in [6.45, 7) is 0. The Morgan fingerprint density at radius 2 is 1.80 bits per heavy atom. The van der Waals surface area contributed by atoms with Crippen LogP contribution in [-0.4, -0.2) is 37.6 Å². The predicted molar refractivity (Wildman–Crippen MR) is 117 cm³/mol. The van der Waals surface area contributed by atoms with Crippen LogP contribution in [0.4, 0.5) is 0 Å². The second kappa shape index (κ2) is 9.61. The van der Waals surface area contributed by atoms with E-state index in [9.17, 15) is 10.1 Å². The summed E-state index contributed by atoms with van der Waals surface area (Å²) in [6, 6.07) is 12.9. The number of H-pyrrole nitrogens is 1. The van der Waals surface area contributed by atoms with Crippen molar-refractivity contribution in [3.8, 4) is 34.6 Å². The summed E-state index contributed by atoms with van der Waals surface area (Å²) in [6.07, 6.45) is 1.80. The summed E-state index contributed by atoms with van der Waals surface area (Å²) >= 11 is 2.69. The molecule has 1 aromatic heterocycles. The molecule has 1 N–H and O–H groups in total. The van der Waals surface area contributed by atoms with Crippen molar-refractivity contribution < 1.29 is 14.2 Å². The van der Waals surface area contributed by atoms with E-state index in [1.54, 1.807) is 26.5 Å². The molecule has 3 aromatic rings. The first-order chi connectivity index (χ1) is 14.6. The number of ether oxygens (including phenoxy) is 3. The van der Waals surface area contributed by atoms with Gasteiger partial charge in [0.2, 0.25) is 0 Å². The smallest absolute Gasteiger partial charge is 0.270 e. The first kappa shape index (κ1) is 21.6. The number of rotatable bonds is 7.